The summed E-state index contributed by atoms with van der Waals surface area (Å²) in [7, 11) is 0. The number of carbonyl (C=O) groups is 1. The smallest absolute Gasteiger partial charge is 0.337 e. The summed E-state index contributed by atoms with van der Waals surface area (Å²) in [5, 5.41) is 17.1. The van der Waals surface area contributed by atoms with Gasteiger partial charge in [0, 0.05) is 0 Å². The fraction of sp³-hybridized carbons (Fsp3) is 0. The van der Waals surface area contributed by atoms with Gasteiger partial charge in [0.2, 0.25) is 0 Å². The van der Waals surface area contributed by atoms with Gasteiger partial charge in [-0.05, 0) is 34.7 Å². The van der Waals surface area contributed by atoms with Crippen LogP contribution in [0.1, 0.15) is 15.9 Å². The molecule has 0 bridgehead atoms. The average molecular weight is 291 g/mol. The zero-order valence-electron chi connectivity index (χ0n) is 6.21. The molecule has 13 heavy (non-hydrogen) atoms. The first-order valence-corrected chi connectivity index (χ1v) is 4.27. The largest absolute Gasteiger partial charge is 0.478 e. The summed E-state index contributed by atoms with van der Waals surface area (Å²) in [5.41, 5.74) is -0.722. The summed E-state index contributed by atoms with van der Waals surface area (Å²) < 4.78 is 13.4. The third kappa shape index (κ3) is 1.78. The number of hydrogen-bond donors (Lipinski definition) is 1. The third-order valence-corrected chi connectivity index (χ3v) is 2.27. The van der Waals surface area contributed by atoms with Crippen LogP contribution in [-0.4, -0.2) is 11.1 Å². The van der Waals surface area contributed by atoms with Gasteiger partial charge in [0.05, 0.1) is 9.13 Å². The maximum Gasteiger partial charge on any atom is 0.337 e. The van der Waals surface area contributed by atoms with E-state index in [1.165, 1.54) is 18.2 Å². The van der Waals surface area contributed by atoms with E-state index in [2.05, 4.69) is 0 Å². The van der Waals surface area contributed by atoms with Crippen LogP contribution in [0, 0.1) is 20.7 Å². The lowest BCUT2D eigenvalue weighted by Crippen LogP contribution is -2.03. The van der Waals surface area contributed by atoms with Crippen molar-refractivity contribution in [3.63, 3.8) is 0 Å². The molecule has 0 spiro atoms. The van der Waals surface area contributed by atoms with Gasteiger partial charge in [0.1, 0.15) is 11.6 Å². The molecule has 0 heterocycles. The lowest BCUT2D eigenvalue weighted by molar-refractivity contribution is 0.0696. The van der Waals surface area contributed by atoms with Crippen LogP contribution >= 0.6 is 22.6 Å². The predicted octanol–water partition coefficient (Wildman–Crippen LogP) is 2.00. The van der Waals surface area contributed by atoms with Gasteiger partial charge in [0.25, 0.3) is 0 Å². The number of nitriles is 1. The van der Waals surface area contributed by atoms with Gasteiger partial charge < -0.3 is 5.11 Å². The van der Waals surface area contributed by atoms with Crippen LogP contribution in [0.4, 0.5) is 4.39 Å². The van der Waals surface area contributed by atoms with Gasteiger partial charge in [-0.25, -0.2) is 9.18 Å². The van der Waals surface area contributed by atoms with E-state index in [1.54, 1.807) is 22.6 Å². The van der Waals surface area contributed by atoms with Crippen molar-refractivity contribution in [1.29, 1.82) is 5.26 Å². The minimum Gasteiger partial charge on any atom is -0.478 e. The Kier molecular flexibility index (Phi) is 2.83. The number of rotatable bonds is 1. The van der Waals surface area contributed by atoms with Crippen molar-refractivity contribution in [2.24, 2.45) is 0 Å². The number of halogens is 2. The highest BCUT2D eigenvalue weighted by molar-refractivity contribution is 14.1. The summed E-state index contributed by atoms with van der Waals surface area (Å²) >= 11 is 1.69. The first-order valence-electron chi connectivity index (χ1n) is 3.19. The molecule has 0 unspecified atom stereocenters. The summed E-state index contributed by atoms with van der Waals surface area (Å²) in [6.07, 6.45) is 0. The second-order valence-corrected chi connectivity index (χ2v) is 3.36. The van der Waals surface area contributed by atoms with Crippen LogP contribution in [-0.2, 0) is 0 Å². The van der Waals surface area contributed by atoms with Gasteiger partial charge in [0.15, 0.2) is 5.82 Å². The Morgan fingerprint density at radius 3 is 2.69 bits per heavy atom. The van der Waals surface area contributed by atoms with Crippen LogP contribution < -0.4 is 0 Å². The molecule has 0 aromatic heterocycles. The highest BCUT2D eigenvalue weighted by Crippen LogP contribution is 2.18. The molecule has 0 saturated carbocycles. The summed E-state index contributed by atoms with van der Waals surface area (Å²) in [6, 6.07) is 4.06. The molecule has 0 fully saturated rings. The van der Waals surface area contributed by atoms with Gasteiger partial charge in [-0.1, -0.05) is 0 Å². The molecule has 0 aliphatic carbocycles. The number of benzene rings is 1. The zero-order valence-corrected chi connectivity index (χ0v) is 8.37. The Bertz CT molecular complexity index is 411. The number of carboxylic acid groups (broad SMARTS) is 1. The Hall–Kier alpha value is -1.16. The summed E-state index contributed by atoms with van der Waals surface area (Å²) in [5.74, 6) is -2.07. The monoisotopic (exact) mass is 291 g/mol. The fourth-order valence-electron chi connectivity index (χ4n) is 0.838. The molecular weight excluding hydrogens is 288 g/mol. The summed E-state index contributed by atoms with van der Waals surface area (Å²) in [6.45, 7) is 0. The lowest BCUT2D eigenvalue weighted by atomic mass is 10.1. The number of aromatic carboxylic acids is 1. The van der Waals surface area contributed by atoms with E-state index in [1.807, 2.05) is 0 Å². The van der Waals surface area contributed by atoms with E-state index in [4.69, 9.17) is 10.4 Å². The van der Waals surface area contributed by atoms with Crippen LogP contribution in [0.2, 0.25) is 0 Å². The van der Waals surface area contributed by atoms with Gasteiger partial charge >= 0.3 is 5.97 Å². The van der Waals surface area contributed by atoms with Crippen LogP contribution in [0.5, 0.6) is 0 Å². The first-order chi connectivity index (χ1) is 6.07. The molecule has 0 aliphatic heterocycles. The molecule has 1 rings (SSSR count). The molecule has 3 nitrogen and oxygen atoms in total. The standard InChI is InChI=1S/C8H3FINO2/c9-7-5(3-11)4(8(12)13)1-2-6(7)10/h1-2H,(H,12,13). The van der Waals surface area contributed by atoms with Crippen LogP contribution in [0.15, 0.2) is 12.1 Å². The van der Waals surface area contributed by atoms with Crippen molar-refractivity contribution in [2.45, 2.75) is 0 Å². The normalized spacial score (nSPS) is 9.31. The Morgan fingerprint density at radius 2 is 2.23 bits per heavy atom. The second kappa shape index (κ2) is 3.70. The van der Waals surface area contributed by atoms with Crippen LogP contribution in [0.25, 0.3) is 0 Å². The Balaban J connectivity index is 3.50. The first kappa shape index (κ1) is 9.92. The third-order valence-electron chi connectivity index (χ3n) is 1.44. The molecule has 1 aromatic rings. The fourth-order valence-corrected chi connectivity index (χ4v) is 1.29. The molecule has 66 valence electrons. The van der Waals surface area contributed by atoms with Gasteiger partial charge in [-0.3, -0.25) is 0 Å². The van der Waals surface area contributed by atoms with Crippen molar-refractivity contribution < 1.29 is 14.3 Å². The molecule has 0 saturated heterocycles. The Labute approximate surface area is 86.9 Å². The van der Waals surface area contributed by atoms with Crippen molar-refractivity contribution >= 4 is 28.6 Å². The predicted molar refractivity (Wildman–Crippen MR) is 50.8 cm³/mol. The minimum atomic E-state index is -1.30. The number of carboxylic acids is 1. The van der Waals surface area contributed by atoms with E-state index in [9.17, 15) is 9.18 Å². The molecule has 0 atom stereocenters. The molecule has 0 radical (unpaired) electrons. The number of hydrogen-bond acceptors (Lipinski definition) is 2. The number of nitrogens with zero attached hydrogens (tertiary/aromatic N) is 1. The van der Waals surface area contributed by atoms with E-state index in [0.717, 1.165) is 0 Å². The maximum absolute atomic E-state index is 13.1. The highest BCUT2D eigenvalue weighted by atomic mass is 127. The molecule has 0 amide bonds. The van der Waals surface area contributed by atoms with Crippen molar-refractivity contribution in [3.05, 3.63) is 32.6 Å². The maximum atomic E-state index is 13.1. The molecule has 5 heteroatoms. The minimum absolute atomic E-state index is 0.235. The Morgan fingerprint density at radius 1 is 1.62 bits per heavy atom. The lowest BCUT2D eigenvalue weighted by Gasteiger charge is -2.00. The summed E-state index contributed by atoms with van der Waals surface area (Å²) in [4.78, 5) is 10.5. The van der Waals surface area contributed by atoms with Gasteiger partial charge in [-0.15, -0.1) is 0 Å². The molecule has 0 aliphatic rings. The molecule has 1 aromatic carbocycles. The average Bonchev–Trinajstić information content (AvgIpc) is 2.09. The van der Waals surface area contributed by atoms with Crippen molar-refractivity contribution in [1.82, 2.24) is 0 Å². The zero-order chi connectivity index (χ0) is 10.0. The highest BCUT2D eigenvalue weighted by Gasteiger charge is 2.16. The van der Waals surface area contributed by atoms with Crippen molar-refractivity contribution in [2.75, 3.05) is 0 Å². The van der Waals surface area contributed by atoms with Gasteiger partial charge in [-0.2, -0.15) is 5.26 Å². The second-order valence-electron chi connectivity index (χ2n) is 2.20. The van der Waals surface area contributed by atoms with Crippen molar-refractivity contribution in [3.8, 4) is 6.07 Å². The molecule has 1 N–H and O–H groups in total. The van der Waals surface area contributed by atoms with E-state index < -0.39 is 17.3 Å². The van der Waals surface area contributed by atoms with E-state index >= 15 is 0 Å². The SMILES string of the molecule is N#Cc1c(C(=O)O)ccc(I)c1F. The van der Waals surface area contributed by atoms with E-state index in [-0.39, 0.29) is 9.13 Å². The van der Waals surface area contributed by atoms with Crippen LogP contribution in [0.3, 0.4) is 0 Å². The quantitative estimate of drug-likeness (QED) is 0.805. The topological polar surface area (TPSA) is 61.1 Å². The molecular formula is C8H3FINO2. The van der Waals surface area contributed by atoms with E-state index in [0.29, 0.717) is 0 Å².